The smallest absolute Gasteiger partial charge is 0.153 e. The van der Waals surface area contributed by atoms with Crippen molar-refractivity contribution >= 4 is 44.0 Å². The largest absolute Gasteiger partial charge is 0.454 e. The van der Waals surface area contributed by atoms with Gasteiger partial charge in [-0.2, -0.15) is 0 Å². The van der Waals surface area contributed by atoms with Gasteiger partial charge in [0.2, 0.25) is 0 Å². The number of anilines is 2. The lowest BCUT2D eigenvalue weighted by molar-refractivity contribution is 0.394. The van der Waals surface area contributed by atoms with E-state index in [2.05, 4.69) is 169 Å². The van der Waals surface area contributed by atoms with Gasteiger partial charge >= 0.3 is 0 Å². The first-order valence-corrected chi connectivity index (χ1v) is 17.8. The van der Waals surface area contributed by atoms with Crippen molar-refractivity contribution in [2.24, 2.45) is 5.92 Å². The molecule has 3 nitrogen and oxygen atoms in total. The number of hydrogen-bond acceptors (Lipinski definition) is 3. The molecule has 0 spiro atoms. The molecular formula is C48H36N2O. The summed E-state index contributed by atoms with van der Waals surface area (Å²) < 4.78 is 6.17. The van der Waals surface area contributed by atoms with Crippen LogP contribution in [-0.2, 0) is 5.41 Å². The van der Waals surface area contributed by atoms with E-state index < -0.39 is 0 Å². The number of allylic oxidation sites excluding steroid dienone is 3. The molecule has 2 aromatic heterocycles. The van der Waals surface area contributed by atoms with E-state index in [9.17, 15) is 0 Å². The van der Waals surface area contributed by atoms with Gasteiger partial charge in [-0.05, 0) is 110 Å². The van der Waals surface area contributed by atoms with Crippen LogP contribution in [-0.4, -0.2) is 4.98 Å². The Morgan fingerprint density at radius 3 is 1.92 bits per heavy atom. The maximum Gasteiger partial charge on any atom is 0.153 e. The van der Waals surface area contributed by atoms with E-state index in [0.29, 0.717) is 5.92 Å². The zero-order valence-electron chi connectivity index (χ0n) is 28.6. The molecule has 0 amide bonds. The average Bonchev–Trinajstić information content (AvgIpc) is 3.72. The summed E-state index contributed by atoms with van der Waals surface area (Å²) in [5, 5.41) is 5.43. The zero-order chi connectivity index (χ0) is 34.1. The third-order valence-corrected chi connectivity index (χ3v) is 11.2. The topological polar surface area (TPSA) is 29.3 Å². The Hall–Kier alpha value is -6.19. The van der Waals surface area contributed by atoms with Crippen LogP contribution in [0.5, 0.6) is 0 Å². The average molecular weight is 657 g/mol. The monoisotopic (exact) mass is 656 g/mol. The molecule has 10 rings (SSSR count). The van der Waals surface area contributed by atoms with E-state index in [1.807, 2.05) is 18.2 Å². The molecule has 0 saturated heterocycles. The van der Waals surface area contributed by atoms with Gasteiger partial charge in [-0.3, -0.25) is 4.98 Å². The molecule has 6 aromatic carbocycles. The van der Waals surface area contributed by atoms with Crippen LogP contribution in [0.3, 0.4) is 0 Å². The van der Waals surface area contributed by atoms with Gasteiger partial charge in [-0.15, -0.1) is 0 Å². The van der Waals surface area contributed by atoms with Crippen LogP contribution in [0.25, 0.3) is 55.1 Å². The second-order valence-electron chi connectivity index (χ2n) is 14.4. The fourth-order valence-electron chi connectivity index (χ4n) is 8.79. The minimum atomic E-state index is -0.0817. The van der Waals surface area contributed by atoms with Crippen LogP contribution < -0.4 is 4.90 Å². The van der Waals surface area contributed by atoms with Crippen LogP contribution in [0, 0.1) is 5.92 Å². The number of benzene rings is 6. The highest BCUT2D eigenvalue weighted by molar-refractivity contribution is 6.12. The summed E-state index contributed by atoms with van der Waals surface area (Å²) in [4.78, 5) is 6.88. The normalized spacial score (nSPS) is 17.4. The van der Waals surface area contributed by atoms with Crippen LogP contribution in [0.1, 0.15) is 30.9 Å². The second kappa shape index (κ2) is 11.4. The highest BCUT2D eigenvalue weighted by Gasteiger charge is 2.47. The molecule has 2 atom stereocenters. The lowest BCUT2D eigenvalue weighted by Gasteiger charge is -2.35. The van der Waals surface area contributed by atoms with E-state index in [4.69, 9.17) is 4.42 Å². The molecule has 2 aliphatic rings. The fraction of sp³-hybridized carbons (Fsp3) is 0.104. The highest BCUT2D eigenvalue weighted by Crippen LogP contribution is 2.58. The standard InChI is InChI=1S/C48H36N2O/c1-48(2)42-29-36(26-27-41(42)46-39-15-8-6-13-37(39)38-14-7-9-16-40(38)47(46)48)50(34-22-18-32(19-23-34)31-11-4-3-5-12-31)35-24-20-33(21-25-35)45-30-43-44(51-45)17-10-28-49-43/h3-30,41-42H,1-2H3. The first-order chi connectivity index (χ1) is 25.0. The first kappa shape index (κ1) is 29.7. The number of nitrogens with zero attached hydrogens (tertiary/aromatic N) is 2. The summed E-state index contributed by atoms with van der Waals surface area (Å²) in [5.74, 6) is 1.40. The predicted molar refractivity (Wildman–Crippen MR) is 211 cm³/mol. The number of rotatable bonds is 5. The number of fused-ring (bicyclic) bond motifs is 9. The Labute approximate surface area is 297 Å². The van der Waals surface area contributed by atoms with Gasteiger partial charge in [0.05, 0.1) is 0 Å². The molecule has 0 N–H and O–H groups in total. The van der Waals surface area contributed by atoms with Crippen LogP contribution in [0.15, 0.2) is 180 Å². The summed E-state index contributed by atoms with van der Waals surface area (Å²) >= 11 is 0. The lowest BCUT2D eigenvalue weighted by Crippen LogP contribution is -2.28. The fourth-order valence-corrected chi connectivity index (χ4v) is 8.79. The minimum absolute atomic E-state index is 0.0817. The first-order valence-electron chi connectivity index (χ1n) is 17.8. The van der Waals surface area contributed by atoms with Crippen molar-refractivity contribution in [3.63, 3.8) is 0 Å². The molecule has 0 bridgehead atoms. The van der Waals surface area contributed by atoms with Crippen molar-refractivity contribution in [2.75, 3.05) is 4.90 Å². The minimum Gasteiger partial charge on any atom is -0.454 e. The molecule has 0 fully saturated rings. The number of pyridine rings is 1. The van der Waals surface area contributed by atoms with Crippen LogP contribution in [0.2, 0.25) is 0 Å². The molecule has 8 aromatic rings. The van der Waals surface area contributed by atoms with E-state index in [0.717, 1.165) is 33.8 Å². The van der Waals surface area contributed by atoms with Crippen molar-refractivity contribution in [1.29, 1.82) is 0 Å². The third kappa shape index (κ3) is 4.69. The maximum absolute atomic E-state index is 6.17. The molecule has 244 valence electrons. The quantitative estimate of drug-likeness (QED) is 0.173. The van der Waals surface area contributed by atoms with Gasteiger partial charge in [0.1, 0.15) is 11.3 Å². The Bertz CT molecular complexity index is 2630. The molecule has 3 heteroatoms. The van der Waals surface area contributed by atoms with Gasteiger partial charge in [0, 0.05) is 40.8 Å². The Balaban J connectivity index is 1.10. The van der Waals surface area contributed by atoms with Gasteiger partial charge in [0.25, 0.3) is 0 Å². The molecule has 2 unspecified atom stereocenters. The molecular weight excluding hydrogens is 621 g/mol. The number of furan rings is 1. The van der Waals surface area contributed by atoms with E-state index in [1.54, 1.807) is 6.20 Å². The number of aromatic nitrogens is 1. The van der Waals surface area contributed by atoms with E-state index in [1.165, 1.54) is 49.5 Å². The molecule has 2 aliphatic carbocycles. The zero-order valence-corrected chi connectivity index (χ0v) is 28.6. The van der Waals surface area contributed by atoms with E-state index in [-0.39, 0.29) is 11.3 Å². The second-order valence-corrected chi connectivity index (χ2v) is 14.4. The van der Waals surface area contributed by atoms with Crippen molar-refractivity contribution in [2.45, 2.75) is 25.2 Å². The van der Waals surface area contributed by atoms with Crippen molar-refractivity contribution in [3.05, 3.63) is 187 Å². The Kier molecular flexibility index (Phi) is 6.66. The third-order valence-electron chi connectivity index (χ3n) is 11.2. The van der Waals surface area contributed by atoms with Crippen molar-refractivity contribution in [3.8, 4) is 22.5 Å². The SMILES string of the molecule is CC1(C)c2c(c3ccccc3c3ccccc23)C2C=CC(N(c3ccc(-c4ccccc4)cc3)c3ccc(-c4cc5ncccc5o4)cc3)=CC21. The Morgan fingerprint density at radius 2 is 1.22 bits per heavy atom. The van der Waals surface area contributed by atoms with Crippen LogP contribution in [0.4, 0.5) is 11.4 Å². The van der Waals surface area contributed by atoms with E-state index >= 15 is 0 Å². The van der Waals surface area contributed by atoms with Gasteiger partial charge < -0.3 is 9.32 Å². The van der Waals surface area contributed by atoms with Crippen molar-refractivity contribution < 1.29 is 4.42 Å². The maximum atomic E-state index is 6.17. The van der Waals surface area contributed by atoms with Crippen molar-refractivity contribution in [1.82, 2.24) is 4.98 Å². The van der Waals surface area contributed by atoms with Crippen LogP contribution >= 0.6 is 0 Å². The highest BCUT2D eigenvalue weighted by atomic mass is 16.3. The molecule has 0 radical (unpaired) electrons. The summed E-state index contributed by atoms with van der Waals surface area (Å²) in [6.07, 6.45) is 9.16. The summed E-state index contributed by atoms with van der Waals surface area (Å²) in [7, 11) is 0. The molecule has 0 aliphatic heterocycles. The Morgan fingerprint density at radius 1 is 0.608 bits per heavy atom. The lowest BCUT2D eigenvalue weighted by atomic mass is 9.73. The summed E-state index contributed by atoms with van der Waals surface area (Å²) in [5.41, 5.74) is 11.4. The van der Waals surface area contributed by atoms with Gasteiger partial charge in [0.15, 0.2) is 5.58 Å². The van der Waals surface area contributed by atoms with Gasteiger partial charge in [-0.25, -0.2) is 0 Å². The molecule has 51 heavy (non-hydrogen) atoms. The molecule has 0 saturated carbocycles. The number of hydrogen-bond donors (Lipinski definition) is 0. The molecule has 2 heterocycles. The summed E-state index contributed by atoms with van der Waals surface area (Å²) in [6, 6.07) is 52.1. The predicted octanol–water partition coefficient (Wildman–Crippen LogP) is 12.8. The van der Waals surface area contributed by atoms with Gasteiger partial charge in [-0.1, -0.05) is 117 Å². The summed E-state index contributed by atoms with van der Waals surface area (Å²) in [6.45, 7) is 4.89.